The Hall–Kier alpha value is -1.62. The van der Waals surface area contributed by atoms with Crippen LogP contribution in [0.15, 0.2) is 24.3 Å². The van der Waals surface area contributed by atoms with E-state index in [9.17, 15) is 14.3 Å². The number of ether oxygens (including phenoxy) is 1. The molecule has 19 heavy (non-hydrogen) atoms. The number of hydrogen-bond acceptors (Lipinski definition) is 3. The predicted octanol–water partition coefficient (Wildman–Crippen LogP) is 1.63. The highest BCUT2D eigenvalue weighted by Crippen LogP contribution is 2.28. The Bertz CT molecular complexity index is 427. The first-order chi connectivity index (χ1) is 9.13. The molecule has 0 aliphatic heterocycles. The Morgan fingerprint density at radius 3 is 2.53 bits per heavy atom. The minimum atomic E-state index is -0.483. The Kier molecular flexibility index (Phi) is 4.37. The molecule has 1 aromatic rings. The lowest BCUT2D eigenvalue weighted by Gasteiger charge is -2.27. The van der Waals surface area contributed by atoms with E-state index in [2.05, 4.69) is 5.32 Å². The molecule has 5 heteroatoms. The molecule has 4 nitrogen and oxygen atoms in total. The second-order valence-corrected chi connectivity index (χ2v) is 4.94. The van der Waals surface area contributed by atoms with Crippen molar-refractivity contribution < 1.29 is 19.0 Å². The lowest BCUT2D eigenvalue weighted by atomic mass is 9.99. The van der Waals surface area contributed by atoms with Crippen LogP contribution >= 0.6 is 0 Å². The number of rotatable bonds is 5. The number of amides is 1. The van der Waals surface area contributed by atoms with Crippen molar-refractivity contribution in [1.82, 2.24) is 5.32 Å². The smallest absolute Gasteiger partial charge is 0.258 e. The summed E-state index contributed by atoms with van der Waals surface area (Å²) in [6.45, 7) is -0.178. The van der Waals surface area contributed by atoms with Crippen molar-refractivity contribution in [2.75, 3.05) is 13.2 Å². The maximum Gasteiger partial charge on any atom is 0.258 e. The van der Waals surface area contributed by atoms with Crippen molar-refractivity contribution in [3.63, 3.8) is 0 Å². The zero-order chi connectivity index (χ0) is 13.7. The molecule has 1 aliphatic carbocycles. The molecule has 0 radical (unpaired) electrons. The number of halogens is 1. The number of carbonyl (C=O) groups is 1. The molecule has 1 aliphatic rings. The Balaban J connectivity index is 1.82. The van der Waals surface area contributed by atoms with E-state index in [0.717, 1.165) is 25.7 Å². The first kappa shape index (κ1) is 13.8. The van der Waals surface area contributed by atoms with E-state index in [4.69, 9.17) is 4.74 Å². The molecule has 0 spiro atoms. The Morgan fingerprint density at radius 1 is 1.32 bits per heavy atom. The summed E-state index contributed by atoms with van der Waals surface area (Å²) in [5.74, 6) is -0.164. The van der Waals surface area contributed by atoms with Crippen LogP contribution in [0.4, 0.5) is 4.39 Å². The maximum absolute atomic E-state index is 12.7. The summed E-state index contributed by atoms with van der Waals surface area (Å²) >= 11 is 0. The number of nitrogens with one attached hydrogen (secondary N) is 1. The zero-order valence-electron chi connectivity index (χ0n) is 10.7. The van der Waals surface area contributed by atoms with Crippen molar-refractivity contribution in [2.24, 2.45) is 0 Å². The molecule has 104 valence electrons. The van der Waals surface area contributed by atoms with Gasteiger partial charge in [-0.25, -0.2) is 4.39 Å². The van der Waals surface area contributed by atoms with Gasteiger partial charge in [0.05, 0.1) is 12.1 Å². The number of benzene rings is 1. The molecule has 0 heterocycles. The molecule has 2 rings (SSSR count). The van der Waals surface area contributed by atoms with Gasteiger partial charge in [0.25, 0.3) is 5.91 Å². The van der Waals surface area contributed by atoms with Crippen LogP contribution < -0.4 is 10.1 Å². The fourth-order valence-electron chi connectivity index (χ4n) is 2.39. The molecular formula is C14H18FNO3. The Labute approximate surface area is 111 Å². The Morgan fingerprint density at radius 2 is 1.95 bits per heavy atom. The van der Waals surface area contributed by atoms with Gasteiger partial charge in [-0.05, 0) is 37.1 Å². The summed E-state index contributed by atoms with van der Waals surface area (Å²) in [5, 5.41) is 12.2. The first-order valence-corrected chi connectivity index (χ1v) is 6.44. The minimum Gasteiger partial charge on any atom is -0.484 e. The van der Waals surface area contributed by atoms with Gasteiger partial charge in [-0.2, -0.15) is 0 Å². The van der Waals surface area contributed by atoms with E-state index in [1.165, 1.54) is 24.3 Å². The van der Waals surface area contributed by atoms with Gasteiger partial charge in [0.2, 0.25) is 0 Å². The van der Waals surface area contributed by atoms with E-state index in [-0.39, 0.29) is 24.9 Å². The molecule has 1 aromatic carbocycles. The lowest BCUT2D eigenvalue weighted by Crippen LogP contribution is -2.50. The van der Waals surface area contributed by atoms with Crippen LogP contribution in [0, 0.1) is 5.82 Å². The van der Waals surface area contributed by atoms with Gasteiger partial charge < -0.3 is 15.2 Å². The summed E-state index contributed by atoms with van der Waals surface area (Å²) in [6.07, 6.45) is 3.62. The highest BCUT2D eigenvalue weighted by Gasteiger charge is 2.34. The second kappa shape index (κ2) is 6.02. The molecule has 0 saturated heterocycles. The third-order valence-corrected chi connectivity index (χ3v) is 3.45. The number of carbonyl (C=O) groups excluding carboxylic acids is 1. The van der Waals surface area contributed by atoms with Crippen LogP contribution in [0.2, 0.25) is 0 Å². The number of hydrogen-bond donors (Lipinski definition) is 2. The van der Waals surface area contributed by atoms with Crippen molar-refractivity contribution in [1.29, 1.82) is 0 Å². The van der Waals surface area contributed by atoms with E-state index >= 15 is 0 Å². The van der Waals surface area contributed by atoms with E-state index in [1.807, 2.05) is 0 Å². The highest BCUT2D eigenvalue weighted by molar-refractivity contribution is 5.78. The summed E-state index contributed by atoms with van der Waals surface area (Å²) in [5.41, 5.74) is -0.483. The first-order valence-electron chi connectivity index (χ1n) is 6.44. The standard InChI is InChI=1S/C14H18FNO3/c15-11-3-5-12(6-4-11)19-9-13(18)16-14(10-17)7-1-2-8-14/h3-6,17H,1-2,7-10H2,(H,16,18). The quantitative estimate of drug-likeness (QED) is 0.852. The van der Waals surface area contributed by atoms with Crippen LogP contribution in [0.25, 0.3) is 0 Å². The summed E-state index contributed by atoms with van der Waals surface area (Å²) in [6, 6.07) is 5.50. The van der Waals surface area contributed by atoms with E-state index in [0.29, 0.717) is 5.75 Å². The van der Waals surface area contributed by atoms with Crippen LogP contribution in [0.5, 0.6) is 5.75 Å². The average molecular weight is 267 g/mol. The molecule has 1 saturated carbocycles. The highest BCUT2D eigenvalue weighted by atomic mass is 19.1. The fourth-order valence-corrected chi connectivity index (χ4v) is 2.39. The normalized spacial score (nSPS) is 17.2. The zero-order valence-corrected chi connectivity index (χ0v) is 10.7. The second-order valence-electron chi connectivity index (χ2n) is 4.94. The van der Waals surface area contributed by atoms with Gasteiger partial charge in [-0.15, -0.1) is 0 Å². The largest absolute Gasteiger partial charge is 0.484 e. The molecule has 1 amide bonds. The van der Waals surface area contributed by atoms with Crippen LogP contribution in [-0.4, -0.2) is 29.8 Å². The van der Waals surface area contributed by atoms with Gasteiger partial charge >= 0.3 is 0 Å². The fraction of sp³-hybridized carbons (Fsp3) is 0.500. The van der Waals surface area contributed by atoms with Crippen molar-refractivity contribution in [3.8, 4) is 5.75 Å². The molecule has 0 aromatic heterocycles. The van der Waals surface area contributed by atoms with Gasteiger partial charge in [0.15, 0.2) is 6.61 Å². The van der Waals surface area contributed by atoms with Crippen molar-refractivity contribution in [3.05, 3.63) is 30.1 Å². The lowest BCUT2D eigenvalue weighted by molar-refractivity contribution is -0.125. The van der Waals surface area contributed by atoms with Gasteiger partial charge in [0.1, 0.15) is 11.6 Å². The molecule has 2 N–H and O–H groups in total. The summed E-state index contributed by atoms with van der Waals surface area (Å²) < 4.78 is 18.0. The van der Waals surface area contributed by atoms with E-state index in [1.54, 1.807) is 0 Å². The molecule has 0 atom stereocenters. The molecular weight excluding hydrogens is 249 g/mol. The van der Waals surface area contributed by atoms with E-state index < -0.39 is 5.54 Å². The predicted molar refractivity (Wildman–Crippen MR) is 68.3 cm³/mol. The number of aliphatic hydroxyl groups is 1. The van der Waals surface area contributed by atoms with Crippen LogP contribution in [0.3, 0.4) is 0 Å². The summed E-state index contributed by atoms with van der Waals surface area (Å²) in [7, 11) is 0. The van der Waals surface area contributed by atoms with Gasteiger partial charge in [-0.1, -0.05) is 12.8 Å². The molecule has 0 bridgehead atoms. The summed E-state index contributed by atoms with van der Waals surface area (Å²) in [4.78, 5) is 11.8. The SMILES string of the molecule is O=C(COc1ccc(F)cc1)NC1(CO)CCCC1. The third kappa shape index (κ3) is 3.67. The average Bonchev–Trinajstić information content (AvgIpc) is 2.87. The minimum absolute atomic E-state index is 0.0463. The topological polar surface area (TPSA) is 58.6 Å². The van der Waals surface area contributed by atoms with Gasteiger partial charge in [0, 0.05) is 0 Å². The van der Waals surface area contributed by atoms with Gasteiger partial charge in [-0.3, -0.25) is 4.79 Å². The third-order valence-electron chi connectivity index (χ3n) is 3.45. The molecule has 1 fully saturated rings. The van der Waals surface area contributed by atoms with Crippen molar-refractivity contribution >= 4 is 5.91 Å². The maximum atomic E-state index is 12.7. The van der Waals surface area contributed by atoms with Crippen molar-refractivity contribution in [2.45, 2.75) is 31.2 Å². The monoisotopic (exact) mass is 267 g/mol. The number of aliphatic hydroxyl groups excluding tert-OH is 1. The van der Waals surface area contributed by atoms with Crippen LogP contribution in [0.1, 0.15) is 25.7 Å². The van der Waals surface area contributed by atoms with Crippen LogP contribution in [-0.2, 0) is 4.79 Å². The molecule has 0 unspecified atom stereocenters.